The van der Waals surface area contributed by atoms with Crippen molar-refractivity contribution in [2.75, 3.05) is 6.54 Å². The molecular formula is C14H16N4O. The Balaban J connectivity index is 2.14. The van der Waals surface area contributed by atoms with E-state index < -0.39 is 0 Å². The maximum atomic E-state index is 5.62. The Morgan fingerprint density at radius 3 is 3.00 bits per heavy atom. The van der Waals surface area contributed by atoms with E-state index in [1.54, 1.807) is 0 Å². The number of rotatable bonds is 3. The zero-order valence-electron chi connectivity index (χ0n) is 11.1. The molecule has 5 nitrogen and oxygen atoms in total. The van der Waals surface area contributed by atoms with Gasteiger partial charge in [0, 0.05) is 19.0 Å². The Morgan fingerprint density at radius 1 is 1.37 bits per heavy atom. The van der Waals surface area contributed by atoms with Crippen molar-refractivity contribution in [2.24, 2.45) is 12.8 Å². The summed E-state index contributed by atoms with van der Waals surface area (Å²) in [5, 5.41) is 4.53. The first kappa shape index (κ1) is 11.9. The number of aromatic nitrogens is 3. The number of nitrogens with zero attached hydrogens (tertiary/aromatic N) is 3. The minimum Gasteiger partial charge on any atom is -0.443 e. The number of hydrogen-bond acceptors (Lipinski definition) is 4. The normalized spacial score (nSPS) is 11.3. The van der Waals surface area contributed by atoms with E-state index in [1.807, 2.05) is 29.9 Å². The quantitative estimate of drug-likeness (QED) is 0.778. The van der Waals surface area contributed by atoms with Gasteiger partial charge in [-0.3, -0.25) is 4.68 Å². The van der Waals surface area contributed by atoms with Gasteiger partial charge >= 0.3 is 0 Å². The lowest BCUT2D eigenvalue weighted by molar-refractivity contribution is 0.602. The summed E-state index contributed by atoms with van der Waals surface area (Å²) in [5.74, 6) is 0. The van der Waals surface area contributed by atoms with Gasteiger partial charge in [0.25, 0.3) is 0 Å². The second-order valence-electron chi connectivity index (χ2n) is 4.62. The van der Waals surface area contributed by atoms with Crippen LogP contribution in [0.1, 0.15) is 11.3 Å². The standard InChI is InChI=1S/C14H16N4O/c1-9-11(5-6-15)17-18(2)14(9)10-3-4-12-13(7-10)19-8-16-12/h3-4,7-8H,5-6,15H2,1-2H3. The molecule has 98 valence electrons. The van der Waals surface area contributed by atoms with Crippen molar-refractivity contribution >= 4 is 11.1 Å². The average molecular weight is 256 g/mol. The minimum atomic E-state index is 0.610. The van der Waals surface area contributed by atoms with Crippen LogP contribution in [0.5, 0.6) is 0 Å². The summed E-state index contributed by atoms with van der Waals surface area (Å²) in [4.78, 5) is 4.13. The first-order chi connectivity index (χ1) is 9.20. The van der Waals surface area contributed by atoms with Crippen LogP contribution in [0.15, 0.2) is 29.0 Å². The van der Waals surface area contributed by atoms with E-state index in [2.05, 4.69) is 17.0 Å². The van der Waals surface area contributed by atoms with Gasteiger partial charge in [-0.2, -0.15) is 5.10 Å². The second-order valence-corrected chi connectivity index (χ2v) is 4.62. The fourth-order valence-electron chi connectivity index (χ4n) is 2.47. The smallest absolute Gasteiger partial charge is 0.181 e. The molecular weight excluding hydrogens is 240 g/mol. The fourth-order valence-corrected chi connectivity index (χ4v) is 2.47. The Labute approximate surface area is 111 Å². The van der Waals surface area contributed by atoms with Crippen LogP contribution in [0, 0.1) is 6.92 Å². The van der Waals surface area contributed by atoms with Gasteiger partial charge < -0.3 is 10.2 Å². The molecule has 1 aromatic carbocycles. The molecule has 0 bridgehead atoms. The van der Waals surface area contributed by atoms with Crippen molar-refractivity contribution in [2.45, 2.75) is 13.3 Å². The number of nitrogens with two attached hydrogens (primary N) is 1. The highest BCUT2D eigenvalue weighted by atomic mass is 16.3. The third-order valence-corrected chi connectivity index (χ3v) is 3.37. The predicted octanol–water partition coefficient (Wildman–Crippen LogP) is 2.04. The highest BCUT2D eigenvalue weighted by molar-refractivity contribution is 5.80. The molecule has 2 N–H and O–H groups in total. The summed E-state index contributed by atoms with van der Waals surface area (Å²) in [6, 6.07) is 6.00. The molecule has 0 amide bonds. The zero-order valence-corrected chi connectivity index (χ0v) is 11.1. The number of oxazole rings is 1. The van der Waals surface area contributed by atoms with Gasteiger partial charge in [-0.15, -0.1) is 0 Å². The molecule has 3 aromatic rings. The molecule has 0 saturated carbocycles. The molecule has 0 spiro atoms. The van der Waals surface area contributed by atoms with Gasteiger partial charge in [-0.25, -0.2) is 4.98 Å². The van der Waals surface area contributed by atoms with E-state index in [0.717, 1.165) is 34.5 Å². The van der Waals surface area contributed by atoms with E-state index in [1.165, 1.54) is 12.0 Å². The van der Waals surface area contributed by atoms with Gasteiger partial charge in [0.05, 0.1) is 11.4 Å². The molecule has 19 heavy (non-hydrogen) atoms. The molecule has 0 radical (unpaired) electrons. The number of aryl methyl sites for hydroxylation is 1. The van der Waals surface area contributed by atoms with Crippen molar-refractivity contribution in [3.05, 3.63) is 35.9 Å². The third kappa shape index (κ3) is 1.92. The summed E-state index contributed by atoms with van der Waals surface area (Å²) < 4.78 is 7.25. The van der Waals surface area contributed by atoms with Crippen molar-refractivity contribution < 1.29 is 4.42 Å². The summed E-state index contributed by atoms with van der Waals surface area (Å²) in [6.45, 7) is 2.69. The maximum Gasteiger partial charge on any atom is 0.181 e. The minimum absolute atomic E-state index is 0.610. The van der Waals surface area contributed by atoms with Crippen molar-refractivity contribution in [1.82, 2.24) is 14.8 Å². The van der Waals surface area contributed by atoms with E-state index in [0.29, 0.717) is 6.54 Å². The van der Waals surface area contributed by atoms with Gasteiger partial charge in [0.2, 0.25) is 0 Å². The Kier molecular flexibility index (Phi) is 2.83. The first-order valence-corrected chi connectivity index (χ1v) is 6.27. The summed E-state index contributed by atoms with van der Waals surface area (Å²) >= 11 is 0. The molecule has 3 rings (SSSR count). The van der Waals surface area contributed by atoms with Crippen LogP contribution in [0.3, 0.4) is 0 Å². The van der Waals surface area contributed by atoms with Crippen molar-refractivity contribution in [3.63, 3.8) is 0 Å². The molecule has 0 unspecified atom stereocenters. The maximum absolute atomic E-state index is 5.62. The molecule has 2 heterocycles. The van der Waals surface area contributed by atoms with Crippen LogP contribution in [-0.4, -0.2) is 21.3 Å². The van der Waals surface area contributed by atoms with Gasteiger partial charge in [0.1, 0.15) is 5.52 Å². The van der Waals surface area contributed by atoms with E-state index >= 15 is 0 Å². The Hall–Kier alpha value is -2.14. The molecule has 0 atom stereocenters. The lowest BCUT2D eigenvalue weighted by Crippen LogP contribution is -2.04. The molecule has 0 aliphatic rings. The highest BCUT2D eigenvalue weighted by Gasteiger charge is 2.14. The van der Waals surface area contributed by atoms with Crippen LogP contribution in [0.25, 0.3) is 22.4 Å². The van der Waals surface area contributed by atoms with Gasteiger partial charge in [0.15, 0.2) is 12.0 Å². The largest absolute Gasteiger partial charge is 0.443 e. The summed E-state index contributed by atoms with van der Waals surface area (Å²) in [5.41, 5.74) is 11.7. The lowest BCUT2D eigenvalue weighted by Gasteiger charge is -2.03. The lowest BCUT2D eigenvalue weighted by atomic mass is 10.1. The molecule has 0 saturated heterocycles. The topological polar surface area (TPSA) is 69.9 Å². The van der Waals surface area contributed by atoms with Crippen LogP contribution in [0.2, 0.25) is 0 Å². The number of hydrogen-bond donors (Lipinski definition) is 1. The molecule has 0 fully saturated rings. The summed E-state index contributed by atoms with van der Waals surface area (Å²) in [7, 11) is 1.95. The number of benzene rings is 1. The second kappa shape index (κ2) is 4.51. The monoisotopic (exact) mass is 256 g/mol. The van der Waals surface area contributed by atoms with E-state index in [9.17, 15) is 0 Å². The van der Waals surface area contributed by atoms with Crippen molar-refractivity contribution in [3.8, 4) is 11.3 Å². The van der Waals surface area contributed by atoms with Gasteiger partial charge in [-0.1, -0.05) is 6.07 Å². The van der Waals surface area contributed by atoms with Crippen molar-refractivity contribution in [1.29, 1.82) is 0 Å². The SMILES string of the molecule is Cc1c(CCN)nn(C)c1-c1ccc2ncoc2c1. The molecule has 5 heteroatoms. The zero-order chi connectivity index (χ0) is 13.4. The first-order valence-electron chi connectivity index (χ1n) is 6.27. The molecule has 0 aliphatic carbocycles. The Morgan fingerprint density at radius 2 is 2.21 bits per heavy atom. The summed E-state index contributed by atoms with van der Waals surface area (Å²) in [6.07, 6.45) is 2.26. The van der Waals surface area contributed by atoms with Crippen LogP contribution < -0.4 is 5.73 Å². The highest BCUT2D eigenvalue weighted by Crippen LogP contribution is 2.28. The fraction of sp³-hybridized carbons (Fsp3) is 0.286. The Bertz CT molecular complexity index is 726. The van der Waals surface area contributed by atoms with Crippen LogP contribution >= 0.6 is 0 Å². The van der Waals surface area contributed by atoms with Crippen LogP contribution in [0.4, 0.5) is 0 Å². The number of fused-ring (bicyclic) bond motifs is 1. The molecule has 2 aromatic heterocycles. The van der Waals surface area contributed by atoms with E-state index in [-0.39, 0.29) is 0 Å². The third-order valence-electron chi connectivity index (χ3n) is 3.37. The van der Waals surface area contributed by atoms with Crippen LogP contribution in [-0.2, 0) is 13.5 Å². The average Bonchev–Trinajstić information content (AvgIpc) is 2.95. The molecule has 0 aliphatic heterocycles. The van der Waals surface area contributed by atoms with Gasteiger partial charge in [-0.05, 0) is 31.2 Å². The predicted molar refractivity (Wildman–Crippen MR) is 73.7 cm³/mol. The van der Waals surface area contributed by atoms with E-state index in [4.69, 9.17) is 10.2 Å².